The molecule has 0 saturated carbocycles. The lowest BCUT2D eigenvalue weighted by Crippen LogP contribution is -2.19. The van der Waals surface area contributed by atoms with Gasteiger partial charge < -0.3 is 4.57 Å². The van der Waals surface area contributed by atoms with Gasteiger partial charge in [-0.05, 0) is 30.3 Å². The van der Waals surface area contributed by atoms with Crippen LogP contribution >= 0.6 is 55.8 Å². The normalized spacial score (nSPS) is 10.5. The molecule has 0 spiro atoms. The van der Waals surface area contributed by atoms with Crippen LogP contribution in [0.2, 0.25) is 5.02 Å². The lowest BCUT2D eigenvalue weighted by atomic mass is 10.1. The average Bonchev–Trinajstić information content (AvgIpc) is 2.74. The number of rotatable bonds is 3. The summed E-state index contributed by atoms with van der Waals surface area (Å²) in [6.45, 7) is 0.150. The number of Topliss-reactive ketones (excluding diaryl/α,β-unsaturated/α-hetero) is 1. The van der Waals surface area contributed by atoms with Gasteiger partial charge in [0.05, 0.1) is 16.8 Å². The number of nitrogens with one attached hydrogen (secondary N) is 1. The minimum atomic E-state index is -0.0237. The first-order valence-electron chi connectivity index (χ1n) is 6.17. The second kappa shape index (κ2) is 7.08. The van der Waals surface area contributed by atoms with Crippen molar-refractivity contribution in [2.45, 2.75) is 6.54 Å². The van der Waals surface area contributed by atoms with Crippen molar-refractivity contribution < 1.29 is 4.79 Å². The Morgan fingerprint density at radius 2 is 2.05 bits per heavy atom. The zero-order valence-electron chi connectivity index (χ0n) is 11.2. The molecule has 7 heteroatoms. The topological polar surface area (TPSA) is 45.9 Å². The lowest BCUT2D eigenvalue weighted by Gasteiger charge is -2.05. The van der Waals surface area contributed by atoms with E-state index in [1.807, 2.05) is 24.3 Å². The third kappa shape index (κ3) is 3.51. The van der Waals surface area contributed by atoms with Gasteiger partial charge in [-0.2, -0.15) is 0 Å². The van der Waals surface area contributed by atoms with Crippen LogP contribution in [0.25, 0.3) is 10.2 Å². The molecule has 0 aliphatic rings. The van der Waals surface area contributed by atoms with E-state index >= 15 is 0 Å². The Labute approximate surface area is 155 Å². The third-order valence-electron chi connectivity index (χ3n) is 3.11. The zero-order chi connectivity index (χ0) is 15.0. The van der Waals surface area contributed by atoms with Crippen LogP contribution in [-0.2, 0) is 6.54 Å². The summed E-state index contributed by atoms with van der Waals surface area (Å²) >= 11 is 10.6. The second-order valence-corrected chi connectivity index (χ2v) is 6.92. The van der Waals surface area contributed by atoms with E-state index in [0.29, 0.717) is 15.4 Å². The van der Waals surface area contributed by atoms with Crippen LogP contribution in [0.4, 0.5) is 0 Å². The summed E-state index contributed by atoms with van der Waals surface area (Å²) in [5.41, 5.74) is 1.49. The Morgan fingerprint density at radius 1 is 1.27 bits per heavy atom. The molecule has 1 heterocycles. The van der Waals surface area contributed by atoms with Crippen molar-refractivity contribution in [2.24, 2.45) is 0 Å². The van der Waals surface area contributed by atoms with Crippen LogP contribution in [0.5, 0.6) is 0 Å². The fraction of sp³-hybridized carbons (Fsp3) is 0.0667. The van der Waals surface area contributed by atoms with Gasteiger partial charge in [0, 0.05) is 15.1 Å². The molecule has 1 N–H and O–H groups in total. The van der Waals surface area contributed by atoms with Crippen molar-refractivity contribution in [1.29, 1.82) is 5.41 Å². The number of hydrogen-bond donors (Lipinski definition) is 1. The van der Waals surface area contributed by atoms with Crippen molar-refractivity contribution in [1.82, 2.24) is 4.57 Å². The number of nitrogens with zero attached hydrogens (tertiary/aromatic N) is 1. The van der Waals surface area contributed by atoms with Crippen LogP contribution < -0.4 is 4.80 Å². The Hall–Kier alpha value is -0.950. The molecule has 0 aliphatic carbocycles. The van der Waals surface area contributed by atoms with Crippen molar-refractivity contribution >= 4 is 71.8 Å². The number of carbonyl (C=O) groups excluding carboxylic acids is 1. The van der Waals surface area contributed by atoms with Gasteiger partial charge in [-0.25, -0.2) is 0 Å². The molecule has 1 aromatic heterocycles. The fourth-order valence-corrected chi connectivity index (χ4v) is 3.70. The predicted octanol–water partition coefficient (Wildman–Crippen LogP) is 5.06. The molecular weight excluding hydrogens is 452 g/mol. The molecule has 0 saturated heterocycles. The molecule has 22 heavy (non-hydrogen) atoms. The highest BCUT2D eigenvalue weighted by atomic mass is 79.9. The molecule has 3 aromatic rings. The van der Waals surface area contributed by atoms with Gasteiger partial charge >= 0.3 is 0 Å². The van der Waals surface area contributed by atoms with Gasteiger partial charge in [-0.1, -0.05) is 51.0 Å². The van der Waals surface area contributed by atoms with Crippen molar-refractivity contribution in [3.8, 4) is 0 Å². The first kappa shape index (κ1) is 17.4. The number of thiazole rings is 1. The molecule has 2 aromatic carbocycles. The minimum Gasteiger partial charge on any atom is -0.309 e. The summed E-state index contributed by atoms with van der Waals surface area (Å²) in [6.07, 6.45) is 0. The Kier molecular flexibility index (Phi) is 5.60. The summed E-state index contributed by atoms with van der Waals surface area (Å²) in [4.78, 5) is 12.7. The molecule has 0 aliphatic heterocycles. The SMILES string of the molecule is Br.N=c1sc2cc(Cl)ccc2n1CC(=O)c1cccc(Br)c1. The lowest BCUT2D eigenvalue weighted by molar-refractivity contribution is 0.0972. The molecule has 0 amide bonds. The van der Waals surface area contributed by atoms with E-state index in [0.717, 1.165) is 14.7 Å². The van der Waals surface area contributed by atoms with Gasteiger partial charge in [-0.3, -0.25) is 10.2 Å². The molecule has 0 radical (unpaired) electrons. The number of fused-ring (bicyclic) bond motifs is 1. The van der Waals surface area contributed by atoms with E-state index in [-0.39, 0.29) is 29.3 Å². The monoisotopic (exact) mass is 460 g/mol. The van der Waals surface area contributed by atoms with Gasteiger partial charge in [-0.15, -0.1) is 17.0 Å². The number of hydrogen-bond acceptors (Lipinski definition) is 3. The smallest absolute Gasteiger partial charge is 0.183 e. The summed E-state index contributed by atoms with van der Waals surface area (Å²) in [6, 6.07) is 12.7. The van der Waals surface area contributed by atoms with Crippen LogP contribution in [0, 0.1) is 5.41 Å². The molecule has 3 nitrogen and oxygen atoms in total. The molecule has 0 unspecified atom stereocenters. The van der Waals surface area contributed by atoms with Crippen LogP contribution in [-0.4, -0.2) is 10.4 Å². The summed E-state index contributed by atoms with van der Waals surface area (Å²) in [5.74, 6) is -0.0237. The maximum atomic E-state index is 12.4. The molecule has 3 rings (SSSR count). The van der Waals surface area contributed by atoms with E-state index in [2.05, 4.69) is 15.9 Å². The average molecular weight is 463 g/mol. The summed E-state index contributed by atoms with van der Waals surface area (Å²) in [7, 11) is 0. The molecule has 0 atom stereocenters. The first-order chi connectivity index (χ1) is 10.0. The van der Waals surface area contributed by atoms with Crippen molar-refractivity contribution in [3.05, 3.63) is 62.3 Å². The van der Waals surface area contributed by atoms with Gasteiger partial charge in [0.2, 0.25) is 0 Å². The molecular formula is C15H11Br2ClN2OS. The highest BCUT2D eigenvalue weighted by Crippen LogP contribution is 2.22. The third-order valence-corrected chi connectivity index (χ3v) is 4.80. The maximum Gasteiger partial charge on any atom is 0.183 e. The number of aromatic nitrogens is 1. The Bertz CT molecular complexity index is 904. The minimum absolute atomic E-state index is 0. The van der Waals surface area contributed by atoms with Crippen LogP contribution in [0.3, 0.4) is 0 Å². The van der Waals surface area contributed by atoms with E-state index in [4.69, 9.17) is 17.0 Å². The van der Waals surface area contributed by atoms with E-state index in [9.17, 15) is 4.79 Å². The van der Waals surface area contributed by atoms with E-state index < -0.39 is 0 Å². The summed E-state index contributed by atoms with van der Waals surface area (Å²) in [5, 5.41) is 8.68. The standard InChI is InChI=1S/C15H10BrClN2OS.BrH/c16-10-3-1-2-9(6-10)13(20)8-19-12-5-4-11(17)7-14(12)21-15(19)18;/h1-7,18H,8H2;1H. The quantitative estimate of drug-likeness (QED) is 0.544. The van der Waals surface area contributed by atoms with Gasteiger partial charge in [0.15, 0.2) is 10.6 Å². The second-order valence-electron chi connectivity index (χ2n) is 4.54. The predicted molar refractivity (Wildman–Crippen MR) is 99.5 cm³/mol. The Balaban J connectivity index is 0.00000176. The highest BCUT2D eigenvalue weighted by Gasteiger charge is 2.12. The number of carbonyl (C=O) groups is 1. The van der Waals surface area contributed by atoms with Crippen molar-refractivity contribution in [2.75, 3.05) is 0 Å². The highest BCUT2D eigenvalue weighted by molar-refractivity contribution is 9.10. The van der Waals surface area contributed by atoms with Gasteiger partial charge in [0.1, 0.15) is 0 Å². The Morgan fingerprint density at radius 3 is 2.77 bits per heavy atom. The number of benzene rings is 2. The van der Waals surface area contributed by atoms with Crippen LogP contribution in [0.1, 0.15) is 10.4 Å². The van der Waals surface area contributed by atoms with E-state index in [1.165, 1.54) is 11.3 Å². The zero-order valence-corrected chi connectivity index (χ0v) is 16.0. The number of ketones is 1. The van der Waals surface area contributed by atoms with Gasteiger partial charge in [0.25, 0.3) is 0 Å². The molecule has 0 bridgehead atoms. The van der Waals surface area contributed by atoms with E-state index in [1.54, 1.807) is 22.8 Å². The largest absolute Gasteiger partial charge is 0.309 e. The summed E-state index contributed by atoms with van der Waals surface area (Å²) < 4.78 is 3.49. The van der Waals surface area contributed by atoms with Crippen LogP contribution in [0.15, 0.2) is 46.9 Å². The molecule has 114 valence electrons. The number of halogens is 3. The fourth-order valence-electron chi connectivity index (χ4n) is 2.12. The first-order valence-corrected chi connectivity index (χ1v) is 8.15. The maximum absolute atomic E-state index is 12.4. The van der Waals surface area contributed by atoms with Crippen molar-refractivity contribution in [3.63, 3.8) is 0 Å². The molecule has 0 fully saturated rings.